The van der Waals surface area contributed by atoms with Crippen LogP contribution in [0.3, 0.4) is 0 Å². The van der Waals surface area contributed by atoms with Crippen LogP contribution in [0.4, 0.5) is 11.4 Å². The second-order valence-corrected chi connectivity index (χ2v) is 4.40. The molecule has 0 fully saturated rings. The summed E-state index contributed by atoms with van der Waals surface area (Å²) in [5.41, 5.74) is 7.59. The van der Waals surface area contributed by atoms with E-state index in [4.69, 9.17) is 10.5 Å². The molecule has 17 heavy (non-hydrogen) atoms. The number of benzene rings is 1. The molecule has 0 spiro atoms. The highest BCUT2D eigenvalue weighted by Gasteiger charge is 2.14. The van der Waals surface area contributed by atoms with Crippen LogP contribution in [0.2, 0.25) is 0 Å². The number of thioether (sulfide) groups is 1. The molecule has 0 saturated carbocycles. The van der Waals surface area contributed by atoms with Gasteiger partial charge in [0.15, 0.2) is 0 Å². The average Bonchev–Trinajstić information content (AvgIpc) is 2.31. The van der Waals surface area contributed by atoms with Crippen molar-refractivity contribution in [3.05, 3.63) is 23.8 Å². The molecule has 0 aliphatic carbocycles. The first-order valence-corrected chi connectivity index (χ1v) is 6.88. The van der Waals surface area contributed by atoms with Crippen molar-refractivity contribution in [2.75, 3.05) is 36.2 Å². The lowest BCUT2D eigenvalue weighted by Crippen LogP contribution is -2.13. The summed E-state index contributed by atoms with van der Waals surface area (Å²) in [6, 6.07) is 5.24. The molecule has 0 amide bonds. The van der Waals surface area contributed by atoms with Crippen LogP contribution in [0.1, 0.15) is 17.3 Å². The fourth-order valence-corrected chi connectivity index (χ4v) is 1.73. The van der Waals surface area contributed by atoms with E-state index >= 15 is 0 Å². The molecule has 0 saturated heterocycles. The molecule has 0 atom stereocenters. The Labute approximate surface area is 106 Å². The van der Waals surface area contributed by atoms with Crippen molar-refractivity contribution in [3.63, 3.8) is 0 Å². The minimum absolute atomic E-state index is 0.341. The molecule has 0 heterocycles. The standard InChI is InChI=1S/C12H18N2O2S/c1-3-16-12(15)9-5-4-6-10(13)11(9)14-7-8-17-2/h4-6,14H,3,7-8,13H2,1-2H3. The number of esters is 1. The van der Waals surface area contributed by atoms with Gasteiger partial charge in [0, 0.05) is 12.3 Å². The maximum Gasteiger partial charge on any atom is 0.340 e. The third-order valence-corrected chi connectivity index (χ3v) is 2.81. The van der Waals surface area contributed by atoms with Gasteiger partial charge in [0.05, 0.1) is 23.5 Å². The van der Waals surface area contributed by atoms with E-state index in [1.807, 2.05) is 6.26 Å². The van der Waals surface area contributed by atoms with E-state index in [0.717, 1.165) is 12.3 Å². The van der Waals surface area contributed by atoms with Gasteiger partial charge in [-0.3, -0.25) is 0 Å². The van der Waals surface area contributed by atoms with Gasteiger partial charge in [-0.05, 0) is 25.3 Å². The number of carbonyl (C=O) groups is 1. The first-order valence-electron chi connectivity index (χ1n) is 5.49. The Kier molecular flexibility index (Phi) is 5.69. The number of hydrogen-bond acceptors (Lipinski definition) is 5. The summed E-state index contributed by atoms with van der Waals surface area (Å²) in [6.45, 7) is 2.91. The Hall–Kier alpha value is -1.36. The van der Waals surface area contributed by atoms with Crippen LogP contribution in [0.5, 0.6) is 0 Å². The lowest BCUT2D eigenvalue weighted by molar-refractivity contribution is 0.0527. The number of ether oxygens (including phenoxy) is 1. The molecule has 1 aromatic rings. The Morgan fingerprint density at radius 2 is 2.29 bits per heavy atom. The van der Waals surface area contributed by atoms with Crippen LogP contribution in [0.25, 0.3) is 0 Å². The molecule has 5 heteroatoms. The molecule has 1 rings (SSSR count). The molecule has 94 valence electrons. The van der Waals surface area contributed by atoms with Crippen molar-refractivity contribution in [1.29, 1.82) is 0 Å². The lowest BCUT2D eigenvalue weighted by atomic mass is 10.1. The van der Waals surface area contributed by atoms with Gasteiger partial charge in [0.1, 0.15) is 0 Å². The zero-order chi connectivity index (χ0) is 12.7. The van der Waals surface area contributed by atoms with Crippen molar-refractivity contribution in [2.45, 2.75) is 6.92 Å². The Bertz CT molecular complexity index is 383. The SMILES string of the molecule is CCOC(=O)c1cccc(N)c1NCCSC. The van der Waals surface area contributed by atoms with E-state index in [0.29, 0.717) is 23.5 Å². The normalized spacial score (nSPS) is 10.0. The van der Waals surface area contributed by atoms with Gasteiger partial charge in [0.25, 0.3) is 0 Å². The highest BCUT2D eigenvalue weighted by molar-refractivity contribution is 7.98. The Balaban J connectivity index is 2.87. The quantitative estimate of drug-likeness (QED) is 0.463. The summed E-state index contributed by atoms with van der Waals surface area (Å²) in [4.78, 5) is 11.7. The van der Waals surface area contributed by atoms with Gasteiger partial charge in [-0.1, -0.05) is 6.07 Å². The van der Waals surface area contributed by atoms with Gasteiger partial charge in [-0.25, -0.2) is 4.79 Å². The average molecular weight is 254 g/mol. The number of carbonyl (C=O) groups excluding carboxylic acids is 1. The molecule has 0 aliphatic heterocycles. The number of hydrogen-bond donors (Lipinski definition) is 2. The monoisotopic (exact) mass is 254 g/mol. The van der Waals surface area contributed by atoms with E-state index in [2.05, 4.69) is 5.32 Å². The Morgan fingerprint density at radius 1 is 1.53 bits per heavy atom. The lowest BCUT2D eigenvalue weighted by Gasteiger charge is -2.13. The molecule has 0 radical (unpaired) electrons. The van der Waals surface area contributed by atoms with Gasteiger partial charge in [-0.2, -0.15) is 11.8 Å². The van der Waals surface area contributed by atoms with Crippen LogP contribution >= 0.6 is 11.8 Å². The minimum Gasteiger partial charge on any atom is -0.462 e. The summed E-state index contributed by atoms with van der Waals surface area (Å²) >= 11 is 1.73. The summed E-state index contributed by atoms with van der Waals surface area (Å²) in [5.74, 6) is 0.614. The van der Waals surface area contributed by atoms with Crippen molar-refractivity contribution in [2.24, 2.45) is 0 Å². The van der Waals surface area contributed by atoms with E-state index < -0.39 is 0 Å². The highest BCUT2D eigenvalue weighted by atomic mass is 32.2. The van der Waals surface area contributed by atoms with Gasteiger partial charge >= 0.3 is 5.97 Å². The first kappa shape index (κ1) is 13.7. The third kappa shape index (κ3) is 3.85. The summed E-state index contributed by atoms with van der Waals surface area (Å²) in [5, 5.41) is 3.18. The summed E-state index contributed by atoms with van der Waals surface area (Å²) in [7, 11) is 0. The summed E-state index contributed by atoms with van der Waals surface area (Å²) < 4.78 is 4.99. The van der Waals surface area contributed by atoms with Gasteiger partial charge in [-0.15, -0.1) is 0 Å². The topological polar surface area (TPSA) is 64.3 Å². The smallest absolute Gasteiger partial charge is 0.340 e. The van der Waals surface area contributed by atoms with Crippen LogP contribution < -0.4 is 11.1 Å². The van der Waals surface area contributed by atoms with Gasteiger partial charge in [0.2, 0.25) is 0 Å². The molecule has 3 N–H and O–H groups in total. The second-order valence-electron chi connectivity index (χ2n) is 3.41. The highest BCUT2D eigenvalue weighted by Crippen LogP contribution is 2.24. The molecule has 0 aromatic heterocycles. The first-order chi connectivity index (χ1) is 8.20. The van der Waals surface area contributed by atoms with Crippen molar-refractivity contribution >= 4 is 29.1 Å². The van der Waals surface area contributed by atoms with Gasteiger partial charge < -0.3 is 15.8 Å². The molecule has 1 aromatic carbocycles. The maximum absolute atomic E-state index is 11.7. The molecule has 4 nitrogen and oxygen atoms in total. The number of nitrogen functional groups attached to an aromatic ring is 1. The van der Waals surface area contributed by atoms with Crippen molar-refractivity contribution in [1.82, 2.24) is 0 Å². The Morgan fingerprint density at radius 3 is 2.94 bits per heavy atom. The fourth-order valence-electron chi connectivity index (χ4n) is 1.42. The number of para-hydroxylation sites is 1. The van der Waals surface area contributed by atoms with E-state index in [1.165, 1.54) is 0 Å². The van der Waals surface area contributed by atoms with Crippen LogP contribution in [-0.2, 0) is 4.74 Å². The predicted molar refractivity (Wildman–Crippen MR) is 73.7 cm³/mol. The van der Waals surface area contributed by atoms with Crippen LogP contribution in [-0.4, -0.2) is 31.1 Å². The van der Waals surface area contributed by atoms with E-state index in [9.17, 15) is 4.79 Å². The number of nitrogens with one attached hydrogen (secondary N) is 1. The van der Waals surface area contributed by atoms with E-state index in [-0.39, 0.29) is 5.97 Å². The molecule has 0 bridgehead atoms. The third-order valence-electron chi connectivity index (χ3n) is 2.20. The van der Waals surface area contributed by atoms with Crippen molar-refractivity contribution in [3.8, 4) is 0 Å². The van der Waals surface area contributed by atoms with Crippen LogP contribution in [0, 0.1) is 0 Å². The number of anilines is 2. The molecule has 0 aliphatic rings. The molecular weight excluding hydrogens is 236 g/mol. The fraction of sp³-hybridized carbons (Fsp3) is 0.417. The molecular formula is C12H18N2O2S. The number of nitrogens with two attached hydrogens (primary N) is 1. The summed E-state index contributed by atoms with van der Waals surface area (Å²) in [6.07, 6.45) is 2.03. The van der Waals surface area contributed by atoms with Crippen LogP contribution in [0.15, 0.2) is 18.2 Å². The maximum atomic E-state index is 11.7. The predicted octanol–water partition coefficient (Wildman–Crippen LogP) is 2.22. The largest absolute Gasteiger partial charge is 0.462 e. The minimum atomic E-state index is -0.341. The molecule has 0 unspecified atom stereocenters. The van der Waals surface area contributed by atoms with Crippen molar-refractivity contribution < 1.29 is 9.53 Å². The zero-order valence-corrected chi connectivity index (χ0v) is 11.0. The van der Waals surface area contributed by atoms with E-state index in [1.54, 1.807) is 36.9 Å². The second kappa shape index (κ2) is 7.06. The number of rotatable bonds is 6. The zero-order valence-electron chi connectivity index (χ0n) is 10.2.